The first-order chi connectivity index (χ1) is 13.5. The summed E-state index contributed by atoms with van der Waals surface area (Å²) in [6, 6.07) is 9.66. The molecule has 2 aromatic rings. The average Bonchev–Trinajstić information content (AvgIpc) is 2.68. The van der Waals surface area contributed by atoms with Gasteiger partial charge >= 0.3 is 0 Å². The topological polar surface area (TPSA) is 65.5 Å². The van der Waals surface area contributed by atoms with Crippen LogP contribution in [0.5, 0.6) is 0 Å². The number of hydrogen-bond acceptors (Lipinski definition) is 4. The molecule has 0 saturated carbocycles. The van der Waals surface area contributed by atoms with E-state index in [1.165, 1.54) is 11.1 Å². The number of nitrogens with one attached hydrogen (secondary N) is 1. The van der Waals surface area contributed by atoms with E-state index in [0.29, 0.717) is 19.6 Å². The zero-order valence-electron chi connectivity index (χ0n) is 16.8. The quantitative estimate of drug-likeness (QED) is 0.833. The summed E-state index contributed by atoms with van der Waals surface area (Å²) in [6.07, 6.45) is 3.71. The van der Waals surface area contributed by atoms with Crippen molar-refractivity contribution < 1.29 is 9.59 Å². The monoisotopic (exact) mass is 380 g/mol. The number of carbonyl (C=O) groups excluding carboxylic acids is 2. The van der Waals surface area contributed by atoms with Gasteiger partial charge in [-0.05, 0) is 42.2 Å². The Labute approximate surface area is 166 Å². The first kappa shape index (κ1) is 20.0. The van der Waals surface area contributed by atoms with Crippen molar-refractivity contribution in [3.05, 3.63) is 65.0 Å². The molecule has 148 valence electrons. The molecule has 1 unspecified atom stereocenters. The Kier molecular flexibility index (Phi) is 6.41. The lowest BCUT2D eigenvalue weighted by atomic mass is 10.0. The van der Waals surface area contributed by atoms with Gasteiger partial charge in [-0.1, -0.05) is 24.3 Å². The van der Waals surface area contributed by atoms with Crippen LogP contribution in [0.15, 0.2) is 42.7 Å². The average molecular weight is 380 g/mol. The van der Waals surface area contributed by atoms with Crippen LogP contribution in [0.3, 0.4) is 0 Å². The molecule has 0 radical (unpaired) electrons. The number of rotatable bonds is 6. The van der Waals surface area contributed by atoms with E-state index in [-0.39, 0.29) is 18.2 Å². The maximum Gasteiger partial charge on any atom is 0.237 e. The van der Waals surface area contributed by atoms with E-state index in [0.717, 1.165) is 17.7 Å². The van der Waals surface area contributed by atoms with Crippen molar-refractivity contribution in [1.29, 1.82) is 0 Å². The number of aromatic nitrogens is 1. The van der Waals surface area contributed by atoms with Crippen LogP contribution in [0.4, 0.5) is 0 Å². The Hall–Kier alpha value is -2.73. The summed E-state index contributed by atoms with van der Waals surface area (Å²) in [4.78, 5) is 33.3. The Balaban J connectivity index is 1.68. The molecule has 28 heavy (non-hydrogen) atoms. The molecule has 1 aromatic heterocycles. The molecule has 6 nitrogen and oxygen atoms in total. The van der Waals surface area contributed by atoms with Crippen LogP contribution in [0, 0.1) is 13.8 Å². The van der Waals surface area contributed by atoms with Gasteiger partial charge in [-0.2, -0.15) is 0 Å². The fourth-order valence-corrected chi connectivity index (χ4v) is 3.52. The number of hydrogen-bond donors (Lipinski definition) is 1. The van der Waals surface area contributed by atoms with Gasteiger partial charge in [-0.25, -0.2) is 0 Å². The lowest BCUT2D eigenvalue weighted by molar-refractivity contribution is -0.138. The smallest absolute Gasteiger partial charge is 0.237 e. The molecular formula is C22H28N4O2. The third kappa shape index (κ3) is 4.75. The van der Waals surface area contributed by atoms with E-state index >= 15 is 0 Å². The summed E-state index contributed by atoms with van der Waals surface area (Å²) in [5.74, 6) is -0.102. The van der Waals surface area contributed by atoms with Crippen LogP contribution in [0.1, 0.15) is 28.7 Å². The van der Waals surface area contributed by atoms with Crippen molar-refractivity contribution in [1.82, 2.24) is 20.1 Å². The molecule has 1 aliphatic rings. The lowest BCUT2D eigenvalue weighted by Gasteiger charge is -2.35. The highest BCUT2D eigenvalue weighted by Gasteiger charge is 2.32. The molecule has 2 amide bonds. The van der Waals surface area contributed by atoms with Crippen molar-refractivity contribution in [2.24, 2.45) is 0 Å². The number of carbonyl (C=O) groups is 2. The Bertz CT molecular complexity index is 852. The molecule has 1 aliphatic heterocycles. The minimum Gasteiger partial charge on any atom is -0.353 e. The normalized spacial score (nSPS) is 17.2. The van der Waals surface area contributed by atoms with Gasteiger partial charge in [0, 0.05) is 45.6 Å². The van der Waals surface area contributed by atoms with E-state index in [4.69, 9.17) is 0 Å². The number of piperazine rings is 1. The summed E-state index contributed by atoms with van der Waals surface area (Å²) >= 11 is 0. The molecule has 0 aliphatic carbocycles. The highest BCUT2D eigenvalue weighted by molar-refractivity contribution is 5.88. The van der Waals surface area contributed by atoms with E-state index in [1.807, 2.05) is 25.1 Å². The van der Waals surface area contributed by atoms with Gasteiger partial charge in [-0.15, -0.1) is 0 Å². The fraction of sp³-hybridized carbons (Fsp3) is 0.409. The summed E-state index contributed by atoms with van der Waals surface area (Å²) in [5, 5.41) is 2.91. The van der Waals surface area contributed by atoms with Crippen LogP contribution >= 0.6 is 0 Å². The van der Waals surface area contributed by atoms with E-state index in [1.54, 1.807) is 24.3 Å². The third-order valence-corrected chi connectivity index (χ3v) is 5.41. The van der Waals surface area contributed by atoms with Crippen LogP contribution < -0.4 is 5.32 Å². The number of amides is 2. The van der Waals surface area contributed by atoms with Crippen molar-refractivity contribution in [3.8, 4) is 0 Å². The van der Waals surface area contributed by atoms with Crippen LogP contribution in [0.25, 0.3) is 0 Å². The molecule has 6 heteroatoms. The zero-order chi connectivity index (χ0) is 20.1. The van der Waals surface area contributed by atoms with Crippen LogP contribution in [-0.2, 0) is 22.7 Å². The molecule has 1 N–H and O–H groups in total. The van der Waals surface area contributed by atoms with E-state index < -0.39 is 6.04 Å². The molecule has 3 rings (SSSR count). The van der Waals surface area contributed by atoms with Crippen molar-refractivity contribution in [2.75, 3.05) is 20.1 Å². The molecular weight excluding hydrogens is 352 g/mol. The van der Waals surface area contributed by atoms with Crippen molar-refractivity contribution in [3.63, 3.8) is 0 Å². The Morgan fingerprint density at radius 1 is 1.21 bits per heavy atom. The summed E-state index contributed by atoms with van der Waals surface area (Å²) < 4.78 is 0. The third-order valence-electron chi connectivity index (χ3n) is 5.41. The van der Waals surface area contributed by atoms with Crippen LogP contribution in [0.2, 0.25) is 0 Å². The second kappa shape index (κ2) is 8.97. The zero-order valence-corrected chi connectivity index (χ0v) is 16.8. The van der Waals surface area contributed by atoms with Gasteiger partial charge in [0.15, 0.2) is 0 Å². The molecule has 2 heterocycles. The van der Waals surface area contributed by atoms with Crippen molar-refractivity contribution >= 4 is 11.8 Å². The number of nitrogens with zero attached hydrogens (tertiary/aromatic N) is 3. The van der Waals surface area contributed by atoms with Crippen LogP contribution in [-0.4, -0.2) is 52.8 Å². The number of aryl methyl sites for hydroxylation is 2. The Morgan fingerprint density at radius 2 is 2.00 bits per heavy atom. The number of benzene rings is 1. The summed E-state index contributed by atoms with van der Waals surface area (Å²) in [7, 11) is 1.79. The molecule has 0 bridgehead atoms. The summed E-state index contributed by atoms with van der Waals surface area (Å²) in [6.45, 7) is 6.60. The van der Waals surface area contributed by atoms with Gasteiger partial charge in [0.05, 0.1) is 12.5 Å². The predicted molar refractivity (Wildman–Crippen MR) is 108 cm³/mol. The van der Waals surface area contributed by atoms with E-state index in [9.17, 15) is 9.59 Å². The van der Waals surface area contributed by atoms with Gasteiger partial charge < -0.3 is 10.2 Å². The van der Waals surface area contributed by atoms with Gasteiger partial charge in [0.1, 0.15) is 0 Å². The van der Waals surface area contributed by atoms with Gasteiger partial charge in [-0.3, -0.25) is 19.5 Å². The van der Waals surface area contributed by atoms with Gasteiger partial charge in [0.2, 0.25) is 11.8 Å². The molecule has 1 atom stereocenters. The second-order valence-corrected chi connectivity index (χ2v) is 7.46. The summed E-state index contributed by atoms with van der Waals surface area (Å²) in [5.41, 5.74) is 4.51. The molecule has 1 fully saturated rings. The maximum absolute atomic E-state index is 12.8. The number of pyridine rings is 1. The highest BCUT2D eigenvalue weighted by atomic mass is 16.2. The predicted octanol–water partition coefficient (Wildman–Crippen LogP) is 2.05. The minimum absolute atomic E-state index is 0.0342. The first-order valence-corrected chi connectivity index (χ1v) is 9.65. The van der Waals surface area contributed by atoms with Crippen molar-refractivity contribution in [2.45, 2.75) is 39.4 Å². The molecule has 0 spiro atoms. The second-order valence-electron chi connectivity index (χ2n) is 7.46. The first-order valence-electron chi connectivity index (χ1n) is 9.65. The molecule has 1 saturated heterocycles. The lowest BCUT2D eigenvalue weighted by Crippen LogP contribution is -2.56. The van der Waals surface area contributed by atoms with E-state index in [2.05, 4.69) is 34.3 Å². The largest absolute Gasteiger partial charge is 0.353 e. The molecule has 1 aromatic carbocycles. The standard InChI is InChI=1S/C22H28N4O2/c1-16-6-4-5-7-18(16)15-26-11-10-24-22(28)20(26)12-21(27)25(3)14-19-8-9-23-13-17(19)2/h4-9,13,20H,10-12,14-15H2,1-3H3,(H,24,28). The Morgan fingerprint density at radius 3 is 2.75 bits per heavy atom. The fourth-order valence-electron chi connectivity index (χ4n) is 3.52. The van der Waals surface area contributed by atoms with Gasteiger partial charge in [0.25, 0.3) is 0 Å². The highest BCUT2D eigenvalue weighted by Crippen LogP contribution is 2.18. The maximum atomic E-state index is 12.8. The minimum atomic E-state index is -0.443. The SMILES string of the molecule is Cc1cnccc1CN(C)C(=O)CC1C(=O)NCCN1Cc1ccccc1C.